The first-order valence-electron chi connectivity index (χ1n) is 5.12. The number of rotatable bonds is 2. The maximum absolute atomic E-state index is 10.5. The standard InChI is InChI=1S/C12H16O2S/c1-9-7-12(13,8-15-9)10-4-3-5-11(6-10)14-2/h3-6,9,13H,7-8H2,1-2H3. The second kappa shape index (κ2) is 4.06. The molecule has 2 rings (SSSR count). The first kappa shape index (κ1) is 10.8. The van der Waals surface area contributed by atoms with Crippen LogP contribution in [-0.4, -0.2) is 23.2 Å². The minimum Gasteiger partial charge on any atom is -0.497 e. The Morgan fingerprint density at radius 2 is 2.33 bits per heavy atom. The van der Waals surface area contributed by atoms with Crippen LogP contribution < -0.4 is 4.74 Å². The fourth-order valence-corrected chi connectivity index (χ4v) is 3.23. The largest absolute Gasteiger partial charge is 0.497 e. The van der Waals surface area contributed by atoms with Gasteiger partial charge in [-0.2, -0.15) is 11.8 Å². The third-order valence-corrected chi connectivity index (χ3v) is 4.22. The zero-order valence-electron chi connectivity index (χ0n) is 9.06. The molecule has 3 heteroatoms. The molecule has 1 aromatic carbocycles. The molecule has 1 aliphatic rings. The third kappa shape index (κ3) is 2.13. The zero-order valence-corrected chi connectivity index (χ0v) is 9.88. The Balaban J connectivity index is 2.28. The number of methoxy groups -OCH3 is 1. The van der Waals surface area contributed by atoms with Gasteiger partial charge >= 0.3 is 0 Å². The third-order valence-electron chi connectivity index (χ3n) is 2.84. The van der Waals surface area contributed by atoms with Gasteiger partial charge < -0.3 is 9.84 Å². The summed E-state index contributed by atoms with van der Waals surface area (Å²) in [7, 11) is 1.65. The summed E-state index contributed by atoms with van der Waals surface area (Å²) in [5.41, 5.74) is 0.303. The van der Waals surface area contributed by atoms with E-state index in [4.69, 9.17) is 4.74 Å². The molecular formula is C12H16O2S. The van der Waals surface area contributed by atoms with Crippen LogP contribution in [0, 0.1) is 0 Å². The van der Waals surface area contributed by atoms with E-state index in [0.29, 0.717) is 5.25 Å². The van der Waals surface area contributed by atoms with Crippen molar-refractivity contribution in [2.75, 3.05) is 12.9 Å². The normalized spacial score (nSPS) is 30.5. The molecule has 2 atom stereocenters. The average Bonchev–Trinajstić information content (AvgIpc) is 2.60. The smallest absolute Gasteiger partial charge is 0.119 e. The zero-order chi connectivity index (χ0) is 10.9. The molecule has 0 radical (unpaired) electrons. The molecule has 1 N–H and O–H groups in total. The van der Waals surface area contributed by atoms with Crippen LogP contribution in [0.25, 0.3) is 0 Å². The quantitative estimate of drug-likeness (QED) is 0.836. The van der Waals surface area contributed by atoms with E-state index in [1.807, 2.05) is 36.0 Å². The summed E-state index contributed by atoms with van der Waals surface area (Å²) >= 11 is 1.82. The van der Waals surface area contributed by atoms with Gasteiger partial charge in [0.05, 0.1) is 12.7 Å². The molecule has 82 valence electrons. The molecule has 15 heavy (non-hydrogen) atoms. The second-order valence-electron chi connectivity index (χ2n) is 4.09. The Morgan fingerprint density at radius 1 is 1.53 bits per heavy atom. The van der Waals surface area contributed by atoms with Crippen molar-refractivity contribution < 1.29 is 9.84 Å². The van der Waals surface area contributed by atoms with Crippen LogP contribution in [0.1, 0.15) is 18.9 Å². The molecule has 2 nitrogen and oxygen atoms in total. The molecule has 1 aliphatic heterocycles. The van der Waals surface area contributed by atoms with Gasteiger partial charge in [-0.25, -0.2) is 0 Å². The fraction of sp³-hybridized carbons (Fsp3) is 0.500. The first-order chi connectivity index (χ1) is 7.14. The van der Waals surface area contributed by atoms with Crippen molar-refractivity contribution in [1.82, 2.24) is 0 Å². The van der Waals surface area contributed by atoms with Crippen LogP contribution in [0.2, 0.25) is 0 Å². The van der Waals surface area contributed by atoms with Gasteiger partial charge in [-0.3, -0.25) is 0 Å². The van der Waals surface area contributed by atoms with Gasteiger partial charge in [-0.15, -0.1) is 0 Å². The van der Waals surface area contributed by atoms with Crippen molar-refractivity contribution in [3.8, 4) is 5.75 Å². The SMILES string of the molecule is COc1cccc(C2(O)CSC(C)C2)c1. The summed E-state index contributed by atoms with van der Waals surface area (Å²) in [6, 6.07) is 7.73. The molecule has 0 saturated carbocycles. The number of hydrogen-bond acceptors (Lipinski definition) is 3. The number of hydrogen-bond donors (Lipinski definition) is 1. The Hall–Kier alpha value is -0.670. The predicted octanol–water partition coefficient (Wildman–Crippen LogP) is 2.41. The monoisotopic (exact) mass is 224 g/mol. The number of aliphatic hydroxyl groups is 1. The van der Waals surface area contributed by atoms with Crippen LogP contribution in [0.5, 0.6) is 5.75 Å². The lowest BCUT2D eigenvalue weighted by Gasteiger charge is -2.22. The molecule has 1 aromatic rings. The minimum atomic E-state index is -0.668. The van der Waals surface area contributed by atoms with E-state index >= 15 is 0 Å². The lowest BCUT2D eigenvalue weighted by molar-refractivity contribution is 0.0610. The average molecular weight is 224 g/mol. The Bertz CT molecular complexity index is 353. The van der Waals surface area contributed by atoms with Gasteiger partial charge in [0, 0.05) is 11.0 Å². The van der Waals surface area contributed by atoms with E-state index in [1.54, 1.807) is 7.11 Å². The highest BCUT2D eigenvalue weighted by Gasteiger charge is 2.37. The minimum absolute atomic E-state index is 0.529. The van der Waals surface area contributed by atoms with Crippen molar-refractivity contribution in [3.05, 3.63) is 29.8 Å². The molecule has 0 spiro atoms. The van der Waals surface area contributed by atoms with E-state index in [2.05, 4.69) is 6.92 Å². The van der Waals surface area contributed by atoms with Crippen molar-refractivity contribution in [3.63, 3.8) is 0 Å². The van der Waals surface area contributed by atoms with Crippen LogP contribution in [0.3, 0.4) is 0 Å². The first-order valence-corrected chi connectivity index (χ1v) is 6.17. The van der Waals surface area contributed by atoms with Crippen LogP contribution >= 0.6 is 11.8 Å². The molecule has 0 amide bonds. The highest BCUT2D eigenvalue weighted by molar-refractivity contribution is 8.00. The number of ether oxygens (including phenoxy) is 1. The summed E-state index contributed by atoms with van der Waals surface area (Å²) in [6.45, 7) is 2.16. The number of benzene rings is 1. The molecule has 1 saturated heterocycles. The molecule has 1 fully saturated rings. The summed E-state index contributed by atoms with van der Waals surface area (Å²) in [5.74, 6) is 1.59. The van der Waals surface area contributed by atoms with Crippen molar-refractivity contribution in [1.29, 1.82) is 0 Å². The highest BCUT2D eigenvalue weighted by atomic mass is 32.2. The van der Waals surface area contributed by atoms with E-state index in [1.165, 1.54) is 0 Å². The summed E-state index contributed by atoms with van der Waals surface area (Å²) in [4.78, 5) is 0. The molecule has 2 unspecified atom stereocenters. The summed E-state index contributed by atoms with van der Waals surface area (Å²) in [5, 5.41) is 11.0. The molecule has 1 heterocycles. The predicted molar refractivity (Wildman–Crippen MR) is 63.4 cm³/mol. The lowest BCUT2D eigenvalue weighted by Crippen LogP contribution is -2.25. The Kier molecular flexibility index (Phi) is 2.94. The van der Waals surface area contributed by atoms with Gasteiger partial charge in [0.25, 0.3) is 0 Å². The molecule has 0 aromatic heterocycles. The van der Waals surface area contributed by atoms with Gasteiger partial charge in [-0.1, -0.05) is 19.1 Å². The van der Waals surface area contributed by atoms with Crippen molar-refractivity contribution in [2.24, 2.45) is 0 Å². The van der Waals surface area contributed by atoms with E-state index < -0.39 is 5.60 Å². The van der Waals surface area contributed by atoms with Crippen LogP contribution in [0.4, 0.5) is 0 Å². The molecule has 0 bridgehead atoms. The topological polar surface area (TPSA) is 29.5 Å². The van der Waals surface area contributed by atoms with Crippen molar-refractivity contribution >= 4 is 11.8 Å². The number of thioether (sulfide) groups is 1. The summed E-state index contributed by atoms with van der Waals surface area (Å²) in [6.07, 6.45) is 0.824. The molecule has 0 aliphatic carbocycles. The maximum Gasteiger partial charge on any atom is 0.119 e. The molecular weight excluding hydrogens is 208 g/mol. The second-order valence-corrected chi connectivity index (χ2v) is 5.52. The van der Waals surface area contributed by atoms with Crippen molar-refractivity contribution in [2.45, 2.75) is 24.2 Å². The van der Waals surface area contributed by atoms with Gasteiger partial charge in [-0.05, 0) is 24.1 Å². The maximum atomic E-state index is 10.5. The highest BCUT2D eigenvalue weighted by Crippen LogP contribution is 2.41. The van der Waals surface area contributed by atoms with E-state index in [9.17, 15) is 5.11 Å². The van der Waals surface area contributed by atoms with Gasteiger partial charge in [0.1, 0.15) is 5.75 Å². The van der Waals surface area contributed by atoms with Gasteiger partial charge in [0.15, 0.2) is 0 Å². The summed E-state index contributed by atoms with van der Waals surface area (Å²) < 4.78 is 5.17. The Labute approximate surface area is 94.6 Å². The van der Waals surface area contributed by atoms with Crippen LogP contribution in [0.15, 0.2) is 24.3 Å². The van der Waals surface area contributed by atoms with E-state index in [-0.39, 0.29) is 0 Å². The van der Waals surface area contributed by atoms with Crippen LogP contribution in [-0.2, 0) is 5.60 Å². The van der Waals surface area contributed by atoms with Gasteiger partial charge in [0.2, 0.25) is 0 Å². The van der Waals surface area contributed by atoms with E-state index in [0.717, 1.165) is 23.5 Å². The fourth-order valence-electron chi connectivity index (χ4n) is 1.99. The Morgan fingerprint density at radius 3 is 2.93 bits per heavy atom. The lowest BCUT2D eigenvalue weighted by atomic mass is 9.91.